The molecule has 8 heteroatoms. The molecule has 2 unspecified atom stereocenters. The number of alkyl halides is 1. The zero-order chi connectivity index (χ0) is 16.8. The lowest BCUT2D eigenvalue weighted by Gasteiger charge is -2.36. The van der Waals surface area contributed by atoms with Crippen LogP contribution in [0.2, 0.25) is 0 Å². The maximum absolute atomic E-state index is 13.5. The average molecular weight is 331 g/mol. The molecule has 1 aliphatic heterocycles. The van der Waals surface area contributed by atoms with E-state index in [0.717, 1.165) is 5.56 Å². The lowest BCUT2D eigenvalue weighted by molar-refractivity contribution is -0.142. The Balaban J connectivity index is 2.59. The van der Waals surface area contributed by atoms with Crippen molar-refractivity contribution in [2.75, 3.05) is 6.67 Å². The van der Waals surface area contributed by atoms with E-state index in [9.17, 15) is 22.7 Å². The Morgan fingerprint density at radius 1 is 1.32 bits per heavy atom. The summed E-state index contributed by atoms with van der Waals surface area (Å²) in [6, 6.07) is 5.67. The van der Waals surface area contributed by atoms with Gasteiger partial charge < -0.3 is 9.84 Å². The molecule has 1 fully saturated rings. The molecule has 2 rings (SSSR count). The Morgan fingerprint density at radius 2 is 1.86 bits per heavy atom. The standard InChI is InChI=1S/C14H18FNO5S/c1-4-13(3)14(18,9-15)16(12(17)21-13)22(19,20)11-7-5-10(2)6-8-11/h5-8,18H,4,9H2,1-3H3. The zero-order valence-electron chi connectivity index (χ0n) is 12.5. The van der Waals surface area contributed by atoms with Gasteiger partial charge in [0.1, 0.15) is 6.67 Å². The highest BCUT2D eigenvalue weighted by atomic mass is 32.2. The van der Waals surface area contributed by atoms with Crippen LogP contribution in [0.3, 0.4) is 0 Å². The first-order valence-corrected chi connectivity index (χ1v) is 8.20. The van der Waals surface area contributed by atoms with Crippen LogP contribution in [-0.2, 0) is 14.8 Å². The van der Waals surface area contributed by atoms with Crippen LogP contribution in [-0.4, -0.2) is 41.9 Å². The Kier molecular flexibility index (Phi) is 3.95. The van der Waals surface area contributed by atoms with Crippen LogP contribution >= 0.6 is 0 Å². The summed E-state index contributed by atoms with van der Waals surface area (Å²) in [5.41, 5.74) is -3.42. The van der Waals surface area contributed by atoms with Crippen LogP contribution in [0, 0.1) is 6.92 Å². The minimum Gasteiger partial charge on any atom is -0.437 e. The Hall–Kier alpha value is -1.67. The number of nitrogens with zero attached hydrogens (tertiary/aromatic N) is 1. The molecule has 2 atom stereocenters. The van der Waals surface area contributed by atoms with Gasteiger partial charge >= 0.3 is 6.09 Å². The highest BCUT2D eigenvalue weighted by Crippen LogP contribution is 2.43. The van der Waals surface area contributed by atoms with Crippen LogP contribution < -0.4 is 0 Å². The van der Waals surface area contributed by atoms with Crippen molar-refractivity contribution < 1.29 is 27.4 Å². The third kappa shape index (κ3) is 2.17. The predicted molar refractivity (Wildman–Crippen MR) is 76.3 cm³/mol. The van der Waals surface area contributed by atoms with Crippen LogP contribution in [0.1, 0.15) is 25.8 Å². The monoisotopic (exact) mass is 331 g/mol. The van der Waals surface area contributed by atoms with E-state index in [4.69, 9.17) is 4.74 Å². The fraction of sp³-hybridized carbons (Fsp3) is 0.500. The number of rotatable bonds is 4. The number of benzene rings is 1. The van der Waals surface area contributed by atoms with Gasteiger partial charge in [0.25, 0.3) is 10.0 Å². The normalized spacial score (nSPS) is 28.8. The van der Waals surface area contributed by atoms with E-state index in [2.05, 4.69) is 0 Å². The van der Waals surface area contributed by atoms with Crippen LogP contribution in [0.25, 0.3) is 0 Å². The molecule has 22 heavy (non-hydrogen) atoms. The third-order valence-electron chi connectivity index (χ3n) is 4.08. The second-order valence-corrected chi connectivity index (χ2v) is 7.27. The molecule has 0 radical (unpaired) electrons. The fourth-order valence-electron chi connectivity index (χ4n) is 2.35. The summed E-state index contributed by atoms with van der Waals surface area (Å²) < 4.78 is 43.8. The molecule has 1 amide bonds. The number of aliphatic hydroxyl groups is 1. The van der Waals surface area contributed by atoms with Gasteiger partial charge in [0.05, 0.1) is 4.90 Å². The Labute approximate surface area is 128 Å². The minimum atomic E-state index is -4.44. The molecule has 1 aromatic carbocycles. The van der Waals surface area contributed by atoms with Gasteiger partial charge in [-0.2, -0.15) is 4.31 Å². The molecule has 1 N–H and O–H groups in total. The largest absolute Gasteiger partial charge is 0.437 e. The summed E-state index contributed by atoms with van der Waals surface area (Å²) in [4.78, 5) is 11.8. The SMILES string of the molecule is CCC1(C)OC(=O)N(S(=O)(=O)c2ccc(C)cc2)C1(O)CF. The molecule has 6 nitrogen and oxygen atoms in total. The maximum atomic E-state index is 13.5. The highest BCUT2D eigenvalue weighted by molar-refractivity contribution is 7.89. The smallest absolute Gasteiger partial charge is 0.427 e. The van der Waals surface area contributed by atoms with Gasteiger partial charge in [0, 0.05) is 0 Å². The van der Waals surface area contributed by atoms with Gasteiger partial charge in [-0.1, -0.05) is 24.6 Å². The van der Waals surface area contributed by atoms with Gasteiger partial charge in [-0.3, -0.25) is 0 Å². The second kappa shape index (κ2) is 5.20. The molecule has 1 aromatic rings. The lowest BCUT2D eigenvalue weighted by Crippen LogP contribution is -2.60. The van der Waals surface area contributed by atoms with Crippen molar-refractivity contribution >= 4 is 16.1 Å². The van der Waals surface area contributed by atoms with Gasteiger partial charge in [0.2, 0.25) is 5.72 Å². The number of sulfonamides is 1. The molecule has 0 spiro atoms. The first-order chi connectivity index (χ1) is 10.1. The molecule has 0 aromatic heterocycles. The van der Waals surface area contributed by atoms with Gasteiger partial charge in [-0.25, -0.2) is 17.6 Å². The van der Waals surface area contributed by atoms with E-state index in [1.54, 1.807) is 26.0 Å². The zero-order valence-corrected chi connectivity index (χ0v) is 13.4. The lowest BCUT2D eigenvalue weighted by atomic mass is 9.91. The summed E-state index contributed by atoms with van der Waals surface area (Å²) >= 11 is 0. The van der Waals surface area contributed by atoms with E-state index in [1.807, 2.05) is 0 Å². The van der Waals surface area contributed by atoms with Crippen molar-refractivity contribution in [3.63, 3.8) is 0 Å². The van der Waals surface area contributed by atoms with Gasteiger partial charge in [-0.15, -0.1) is 0 Å². The summed E-state index contributed by atoms with van der Waals surface area (Å²) in [6.07, 6.45) is -1.23. The van der Waals surface area contributed by atoms with E-state index in [-0.39, 0.29) is 15.6 Å². The first-order valence-electron chi connectivity index (χ1n) is 6.76. The molecular formula is C14H18FNO5S. The molecule has 0 bridgehead atoms. The Bertz CT molecular complexity index is 690. The maximum Gasteiger partial charge on any atom is 0.427 e. The quantitative estimate of drug-likeness (QED) is 0.912. The molecule has 1 heterocycles. The van der Waals surface area contributed by atoms with E-state index >= 15 is 0 Å². The number of aryl methyl sites for hydroxylation is 1. The third-order valence-corrected chi connectivity index (χ3v) is 5.88. The molecule has 1 saturated heterocycles. The summed E-state index contributed by atoms with van der Waals surface area (Å²) in [7, 11) is -4.44. The van der Waals surface area contributed by atoms with Crippen molar-refractivity contribution in [1.29, 1.82) is 0 Å². The van der Waals surface area contributed by atoms with Crippen LogP contribution in [0.5, 0.6) is 0 Å². The van der Waals surface area contributed by atoms with Crippen molar-refractivity contribution in [3.8, 4) is 0 Å². The van der Waals surface area contributed by atoms with Crippen molar-refractivity contribution in [3.05, 3.63) is 29.8 Å². The van der Waals surface area contributed by atoms with Crippen LogP contribution in [0.15, 0.2) is 29.2 Å². The van der Waals surface area contributed by atoms with Crippen molar-refractivity contribution in [2.45, 2.75) is 43.4 Å². The highest BCUT2D eigenvalue weighted by Gasteiger charge is 2.66. The van der Waals surface area contributed by atoms with Gasteiger partial charge in [0.15, 0.2) is 5.60 Å². The topological polar surface area (TPSA) is 83.9 Å². The molecule has 122 valence electrons. The number of hydrogen-bond donors (Lipinski definition) is 1. The second-order valence-electron chi connectivity index (χ2n) is 5.49. The number of carbonyl (C=O) groups is 1. The first kappa shape index (κ1) is 16.7. The molecule has 1 aliphatic rings. The number of hydrogen-bond acceptors (Lipinski definition) is 5. The van der Waals surface area contributed by atoms with Gasteiger partial charge in [-0.05, 0) is 32.4 Å². The molecule has 0 saturated carbocycles. The molecule has 0 aliphatic carbocycles. The number of amides is 1. The number of cyclic esters (lactones) is 1. The molecular weight excluding hydrogens is 313 g/mol. The summed E-state index contributed by atoms with van der Waals surface area (Å²) in [5, 5.41) is 10.5. The van der Waals surface area contributed by atoms with Crippen LogP contribution in [0.4, 0.5) is 9.18 Å². The average Bonchev–Trinajstić information content (AvgIpc) is 2.67. The van der Waals surface area contributed by atoms with E-state index < -0.39 is 34.1 Å². The summed E-state index contributed by atoms with van der Waals surface area (Å²) in [5.74, 6) is 0. The van der Waals surface area contributed by atoms with Crippen molar-refractivity contribution in [1.82, 2.24) is 4.31 Å². The Morgan fingerprint density at radius 3 is 2.32 bits per heavy atom. The van der Waals surface area contributed by atoms with E-state index in [0.29, 0.717) is 0 Å². The number of halogens is 1. The number of carbonyl (C=O) groups excluding carboxylic acids is 1. The predicted octanol–water partition coefficient (Wildman–Crippen LogP) is 1.96. The minimum absolute atomic E-state index is 0.0546. The van der Waals surface area contributed by atoms with Crippen molar-refractivity contribution in [2.24, 2.45) is 0 Å². The summed E-state index contributed by atoms with van der Waals surface area (Å²) in [6.45, 7) is 3.17. The fourth-order valence-corrected chi connectivity index (χ4v) is 3.91. The van der Waals surface area contributed by atoms with E-state index in [1.165, 1.54) is 19.1 Å². The number of ether oxygens (including phenoxy) is 1.